The molecule has 4 heteroatoms. The largest absolute Gasteiger partial charge is 0.343 e. The summed E-state index contributed by atoms with van der Waals surface area (Å²) in [5.74, 6) is 0.581. The molecule has 2 saturated heterocycles. The Morgan fingerprint density at radius 3 is 2.40 bits per heavy atom. The average Bonchev–Trinajstić information content (AvgIpc) is 2.78. The summed E-state index contributed by atoms with van der Waals surface area (Å²) in [6.07, 6.45) is 6.38. The number of hydrogen-bond donors (Lipinski definition) is 0. The van der Waals surface area contributed by atoms with Crippen LogP contribution in [0.2, 0.25) is 0 Å². The van der Waals surface area contributed by atoms with E-state index in [4.69, 9.17) is 0 Å². The molecule has 1 aromatic carbocycles. The van der Waals surface area contributed by atoms with E-state index >= 15 is 0 Å². The molecule has 4 nitrogen and oxygen atoms in total. The van der Waals surface area contributed by atoms with Gasteiger partial charge in [-0.15, -0.1) is 0 Å². The number of carbonyl (C=O) groups is 2. The van der Waals surface area contributed by atoms with Crippen molar-refractivity contribution >= 4 is 11.8 Å². The molecule has 0 radical (unpaired) electrons. The summed E-state index contributed by atoms with van der Waals surface area (Å²) in [7, 11) is 0. The summed E-state index contributed by atoms with van der Waals surface area (Å²) < 4.78 is 0. The number of rotatable bonds is 4. The van der Waals surface area contributed by atoms with Gasteiger partial charge in [-0.25, -0.2) is 0 Å². The second-order valence-corrected chi connectivity index (χ2v) is 7.68. The highest BCUT2D eigenvalue weighted by molar-refractivity contribution is 5.77. The summed E-state index contributed by atoms with van der Waals surface area (Å²) in [6, 6.07) is 10.2. The van der Waals surface area contributed by atoms with Crippen LogP contribution in [0.5, 0.6) is 0 Å². The Balaban J connectivity index is 1.58. The first-order valence-corrected chi connectivity index (χ1v) is 9.71. The minimum absolute atomic E-state index is 0.254. The second kappa shape index (κ2) is 8.03. The maximum absolute atomic E-state index is 12.6. The number of benzene rings is 1. The molecule has 1 spiro atoms. The van der Waals surface area contributed by atoms with Crippen molar-refractivity contribution in [2.45, 2.75) is 58.4 Å². The van der Waals surface area contributed by atoms with Crippen LogP contribution >= 0.6 is 0 Å². The summed E-state index contributed by atoms with van der Waals surface area (Å²) in [5.41, 5.74) is 1.45. The van der Waals surface area contributed by atoms with E-state index in [0.717, 1.165) is 58.3 Å². The third-order valence-corrected chi connectivity index (χ3v) is 5.99. The lowest BCUT2D eigenvalue weighted by molar-refractivity contribution is -0.134. The van der Waals surface area contributed by atoms with Crippen molar-refractivity contribution in [2.24, 2.45) is 5.41 Å². The third kappa shape index (κ3) is 4.42. The van der Waals surface area contributed by atoms with E-state index in [1.807, 2.05) is 28.0 Å². The highest BCUT2D eigenvalue weighted by atomic mass is 16.2. The van der Waals surface area contributed by atoms with E-state index in [-0.39, 0.29) is 11.3 Å². The SMILES string of the molecule is CCCC(=O)N1CCC2(CCC(=O)N(Cc3ccccc3)CC2)CC1. The Morgan fingerprint density at radius 2 is 1.72 bits per heavy atom. The molecule has 3 rings (SSSR count). The van der Waals surface area contributed by atoms with E-state index in [9.17, 15) is 9.59 Å². The summed E-state index contributed by atoms with van der Waals surface area (Å²) in [4.78, 5) is 28.7. The van der Waals surface area contributed by atoms with E-state index in [1.54, 1.807) is 0 Å². The molecule has 0 atom stereocenters. The van der Waals surface area contributed by atoms with Crippen LogP contribution in [0, 0.1) is 5.41 Å². The first-order chi connectivity index (χ1) is 12.1. The first kappa shape index (κ1) is 18.0. The predicted molar refractivity (Wildman–Crippen MR) is 98.9 cm³/mol. The topological polar surface area (TPSA) is 40.6 Å². The predicted octanol–water partition coefficient (Wildman–Crippen LogP) is 3.61. The van der Waals surface area contributed by atoms with Crippen LogP contribution in [0.15, 0.2) is 30.3 Å². The van der Waals surface area contributed by atoms with Gasteiger partial charge in [0, 0.05) is 39.0 Å². The third-order valence-electron chi connectivity index (χ3n) is 5.99. The van der Waals surface area contributed by atoms with Crippen LogP contribution in [-0.2, 0) is 16.1 Å². The van der Waals surface area contributed by atoms with Crippen LogP contribution in [0.3, 0.4) is 0 Å². The molecule has 1 aromatic rings. The van der Waals surface area contributed by atoms with Crippen LogP contribution in [0.1, 0.15) is 57.4 Å². The zero-order chi connectivity index (χ0) is 17.7. The Kier molecular flexibility index (Phi) is 5.77. The molecule has 2 amide bonds. The van der Waals surface area contributed by atoms with Crippen molar-refractivity contribution < 1.29 is 9.59 Å². The Labute approximate surface area is 151 Å². The maximum Gasteiger partial charge on any atom is 0.222 e. The molecule has 2 aliphatic heterocycles. The lowest BCUT2D eigenvalue weighted by atomic mass is 9.73. The number of hydrogen-bond acceptors (Lipinski definition) is 2. The number of piperidine rings is 1. The van der Waals surface area contributed by atoms with Gasteiger partial charge in [-0.3, -0.25) is 9.59 Å². The molecule has 136 valence electrons. The number of carbonyl (C=O) groups excluding carboxylic acids is 2. The molecule has 2 fully saturated rings. The van der Waals surface area contributed by atoms with E-state index in [1.165, 1.54) is 5.56 Å². The van der Waals surface area contributed by atoms with Crippen molar-refractivity contribution in [1.82, 2.24) is 9.80 Å². The van der Waals surface area contributed by atoms with Crippen molar-refractivity contribution in [2.75, 3.05) is 19.6 Å². The lowest BCUT2D eigenvalue weighted by Crippen LogP contribution is -2.43. The van der Waals surface area contributed by atoms with E-state index in [2.05, 4.69) is 19.1 Å². The zero-order valence-corrected chi connectivity index (χ0v) is 15.4. The molecule has 0 aliphatic carbocycles. The highest BCUT2D eigenvalue weighted by Gasteiger charge is 2.38. The quantitative estimate of drug-likeness (QED) is 0.839. The fraction of sp³-hybridized carbons (Fsp3) is 0.619. The lowest BCUT2D eigenvalue weighted by Gasteiger charge is -2.41. The molecular formula is C21H30N2O2. The van der Waals surface area contributed by atoms with Gasteiger partial charge in [-0.05, 0) is 43.1 Å². The molecule has 0 aromatic heterocycles. The van der Waals surface area contributed by atoms with Crippen molar-refractivity contribution in [3.8, 4) is 0 Å². The Hall–Kier alpha value is -1.84. The van der Waals surface area contributed by atoms with E-state index < -0.39 is 0 Å². The van der Waals surface area contributed by atoms with Gasteiger partial charge in [0.25, 0.3) is 0 Å². The first-order valence-electron chi connectivity index (χ1n) is 9.71. The van der Waals surface area contributed by atoms with Gasteiger partial charge >= 0.3 is 0 Å². The Morgan fingerprint density at radius 1 is 1.04 bits per heavy atom. The molecular weight excluding hydrogens is 312 g/mol. The van der Waals surface area contributed by atoms with Crippen molar-refractivity contribution in [1.29, 1.82) is 0 Å². The smallest absolute Gasteiger partial charge is 0.222 e. The van der Waals surface area contributed by atoms with Crippen LogP contribution in [0.4, 0.5) is 0 Å². The Bertz CT molecular complexity index is 591. The van der Waals surface area contributed by atoms with E-state index in [0.29, 0.717) is 18.7 Å². The molecule has 0 saturated carbocycles. The number of likely N-dealkylation sites (tertiary alicyclic amines) is 2. The van der Waals surface area contributed by atoms with Crippen molar-refractivity contribution in [3.63, 3.8) is 0 Å². The molecule has 2 aliphatic rings. The molecule has 0 unspecified atom stereocenters. The number of amides is 2. The molecule has 0 N–H and O–H groups in total. The van der Waals surface area contributed by atoms with Gasteiger partial charge in [-0.1, -0.05) is 37.3 Å². The van der Waals surface area contributed by atoms with Crippen molar-refractivity contribution in [3.05, 3.63) is 35.9 Å². The molecule has 0 bridgehead atoms. The maximum atomic E-state index is 12.6. The summed E-state index contributed by atoms with van der Waals surface area (Å²) in [5, 5.41) is 0. The van der Waals surface area contributed by atoms with Crippen LogP contribution < -0.4 is 0 Å². The average molecular weight is 342 g/mol. The summed E-state index contributed by atoms with van der Waals surface area (Å²) >= 11 is 0. The van der Waals surface area contributed by atoms with Gasteiger partial charge in [0.1, 0.15) is 0 Å². The fourth-order valence-electron chi connectivity index (χ4n) is 4.23. The normalized spacial score (nSPS) is 20.6. The molecule has 2 heterocycles. The van der Waals surface area contributed by atoms with Gasteiger partial charge in [0.15, 0.2) is 0 Å². The van der Waals surface area contributed by atoms with Gasteiger partial charge < -0.3 is 9.80 Å². The fourth-order valence-corrected chi connectivity index (χ4v) is 4.23. The standard InChI is InChI=1S/C21H30N2O2/c1-2-6-19(24)22-14-11-21(12-15-22)10-9-20(25)23(16-13-21)17-18-7-4-3-5-8-18/h3-5,7-8H,2,6,9-17H2,1H3. The second-order valence-electron chi connectivity index (χ2n) is 7.68. The monoisotopic (exact) mass is 342 g/mol. The summed E-state index contributed by atoms with van der Waals surface area (Å²) in [6.45, 7) is 5.35. The van der Waals surface area contributed by atoms with Gasteiger partial charge in [-0.2, -0.15) is 0 Å². The highest BCUT2D eigenvalue weighted by Crippen LogP contribution is 2.41. The van der Waals surface area contributed by atoms with Gasteiger partial charge in [0.05, 0.1) is 0 Å². The van der Waals surface area contributed by atoms with Gasteiger partial charge in [0.2, 0.25) is 11.8 Å². The molecule has 25 heavy (non-hydrogen) atoms. The number of nitrogens with zero attached hydrogens (tertiary/aromatic N) is 2. The zero-order valence-electron chi connectivity index (χ0n) is 15.4. The van der Waals surface area contributed by atoms with Crippen LogP contribution in [-0.4, -0.2) is 41.2 Å². The minimum Gasteiger partial charge on any atom is -0.343 e. The van der Waals surface area contributed by atoms with Crippen LogP contribution in [0.25, 0.3) is 0 Å². The minimum atomic E-state index is 0.254.